The normalized spacial score (nSPS) is 21.4. The van der Waals surface area contributed by atoms with E-state index in [1.807, 2.05) is 0 Å². The fourth-order valence-electron chi connectivity index (χ4n) is 2.61. The highest BCUT2D eigenvalue weighted by Crippen LogP contribution is 2.36. The molecule has 0 spiro atoms. The fraction of sp³-hybridized carbons (Fsp3) is 0.818. The monoisotopic (exact) mass is 221 g/mol. The molecular weight excluding hydrogens is 202 g/mol. The zero-order valence-corrected chi connectivity index (χ0v) is 9.60. The molecule has 0 bridgehead atoms. The van der Waals surface area contributed by atoms with E-state index in [0.717, 1.165) is 24.9 Å². The molecule has 0 amide bonds. The Hall–Kier alpha value is -1.10. The van der Waals surface area contributed by atoms with E-state index in [1.165, 1.54) is 32.1 Å². The molecular formula is C11H19N5. The van der Waals surface area contributed by atoms with Crippen LogP contribution in [0.5, 0.6) is 0 Å². The minimum absolute atomic E-state index is 0.497. The van der Waals surface area contributed by atoms with Crippen LogP contribution in [0.2, 0.25) is 0 Å². The molecule has 1 aromatic rings. The number of rotatable bonds is 3. The number of aromatic nitrogens is 3. The molecule has 16 heavy (non-hydrogen) atoms. The lowest BCUT2D eigenvalue weighted by atomic mass is 9.93. The van der Waals surface area contributed by atoms with Gasteiger partial charge in [-0.05, 0) is 32.1 Å². The molecule has 1 saturated heterocycles. The van der Waals surface area contributed by atoms with Crippen molar-refractivity contribution in [2.75, 3.05) is 18.0 Å². The summed E-state index contributed by atoms with van der Waals surface area (Å²) in [4.78, 5) is 2.35. The molecule has 88 valence electrons. The zero-order chi connectivity index (χ0) is 11.0. The Balaban J connectivity index is 1.93. The van der Waals surface area contributed by atoms with Crippen LogP contribution in [0, 0.1) is 0 Å². The Morgan fingerprint density at radius 2 is 1.88 bits per heavy atom. The third-order valence-electron chi connectivity index (χ3n) is 3.76. The SMILES string of the molecule is NCc1nnc(N2CCCC2)n1C1CCC1. The van der Waals surface area contributed by atoms with Crippen LogP contribution in [0.15, 0.2) is 0 Å². The van der Waals surface area contributed by atoms with Gasteiger partial charge in [0.1, 0.15) is 5.82 Å². The predicted octanol–water partition coefficient (Wildman–Crippen LogP) is 1.06. The first-order valence-corrected chi connectivity index (χ1v) is 6.29. The van der Waals surface area contributed by atoms with Crippen LogP contribution in [-0.2, 0) is 6.54 Å². The molecule has 0 unspecified atom stereocenters. The molecule has 0 radical (unpaired) electrons. The highest BCUT2D eigenvalue weighted by molar-refractivity contribution is 5.33. The van der Waals surface area contributed by atoms with Crippen LogP contribution in [0.25, 0.3) is 0 Å². The van der Waals surface area contributed by atoms with Gasteiger partial charge in [-0.3, -0.25) is 4.57 Å². The van der Waals surface area contributed by atoms with Crippen molar-refractivity contribution in [3.63, 3.8) is 0 Å². The van der Waals surface area contributed by atoms with Crippen molar-refractivity contribution in [2.24, 2.45) is 5.73 Å². The first-order chi connectivity index (χ1) is 7.90. The molecule has 2 N–H and O–H groups in total. The standard InChI is InChI=1S/C11H19N5/c12-8-10-13-14-11(15-6-1-2-7-15)16(10)9-4-3-5-9/h9H,1-8,12H2. The van der Waals surface area contributed by atoms with Gasteiger partial charge in [0.25, 0.3) is 0 Å². The van der Waals surface area contributed by atoms with Gasteiger partial charge in [0.2, 0.25) is 5.95 Å². The third kappa shape index (κ3) is 1.50. The minimum atomic E-state index is 0.497. The molecule has 1 saturated carbocycles. The third-order valence-corrected chi connectivity index (χ3v) is 3.76. The van der Waals surface area contributed by atoms with Crippen LogP contribution >= 0.6 is 0 Å². The Morgan fingerprint density at radius 3 is 2.44 bits per heavy atom. The lowest BCUT2D eigenvalue weighted by molar-refractivity contribution is 0.307. The molecule has 0 atom stereocenters. The lowest BCUT2D eigenvalue weighted by Gasteiger charge is -2.31. The summed E-state index contributed by atoms with van der Waals surface area (Å²) in [6, 6.07) is 0.601. The van der Waals surface area contributed by atoms with Crippen molar-refractivity contribution < 1.29 is 0 Å². The maximum absolute atomic E-state index is 5.74. The van der Waals surface area contributed by atoms with E-state index >= 15 is 0 Å². The fourth-order valence-corrected chi connectivity index (χ4v) is 2.61. The van der Waals surface area contributed by atoms with E-state index in [2.05, 4.69) is 19.7 Å². The summed E-state index contributed by atoms with van der Waals surface area (Å²) in [7, 11) is 0. The number of anilines is 1. The van der Waals surface area contributed by atoms with Gasteiger partial charge < -0.3 is 10.6 Å². The smallest absolute Gasteiger partial charge is 0.227 e. The average molecular weight is 221 g/mol. The van der Waals surface area contributed by atoms with Gasteiger partial charge >= 0.3 is 0 Å². The summed E-state index contributed by atoms with van der Waals surface area (Å²) in [5.74, 6) is 2.01. The summed E-state index contributed by atoms with van der Waals surface area (Å²) in [5, 5.41) is 8.56. The second-order valence-corrected chi connectivity index (χ2v) is 4.77. The summed E-state index contributed by atoms with van der Waals surface area (Å²) >= 11 is 0. The van der Waals surface area contributed by atoms with Gasteiger partial charge in [0.05, 0.1) is 6.54 Å². The van der Waals surface area contributed by atoms with Gasteiger partial charge in [-0.25, -0.2) is 0 Å². The van der Waals surface area contributed by atoms with Crippen LogP contribution in [0.3, 0.4) is 0 Å². The summed E-state index contributed by atoms with van der Waals surface area (Å²) in [6.45, 7) is 2.74. The number of nitrogens with zero attached hydrogens (tertiary/aromatic N) is 4. The lowest BCUT2D eigenvalue weighted by Crippen LogP contribution is -2.28. The van der Waals surface area contributed by atoms with Gasteiger partial charge in [0.15, 0.2) is 0 Å². The van der Waals surface area contributed by atoms with Gasteiger partial charge in [-0.2, -0.15) is 0 Å². The van der Waals surface area contributed by atoms with Crippen molar-refractivity contribution in [3.8, 4) is 0 Å². The molecule has 1 aromatic heterocycles. The average Bonchev–Trinajstić information content (AvgIpc) is 2.82. The summed E-state index contributed by atoms with van der Waals surface area (Å²) < 4.78 is 2.29. The van der Waals surface area contributed by atoms with Gasteiger partial charge in [-0.15, -0.1) is 10.2 Å². The van der Waals surface area contributed by atoms with E-state index in [0.29, 0.717) is 12.6 Å². The molecule has 3 rings (SSSR count). The molecule has 1 aliphatic heterocycles. The summed E-state index contributed by atoms with van der Waals surface area (Å²) in [6.07, 6.45) is 6.38. The Bertz CT molecular complexity index is 362. The maximum atomic E-state index is 5.74. The first kappa shape index (κ1) is 10.1. The highest BCUT2D eigenvalue weighted by atomic mass is 15.4. The number of hydrogen-bond acceptors (Lipinski definition) is 4. The number of hydrogen-bond donors (Lipinski definition) is 1. The minimum Gasteiger partial charge on any atom is -0.341 e. The van der Waals surface area contributed by atoms with Gasteiger partial charge in [0, 0.05) is 19.1 Å². The topological polar surface area (TPSA) is 60.0 Å². The molecule has 2 fully saturated rings. The Labute approximate surface area is 95.6 Å². The van der Waals surface area contributed by atoms with E-state index in [1.54, 1.807) is 0 Å². The van der Waals surface area contributed by atoms with E-state index in [4.69, 9.17) is 5.73 Å². The molecule has 5 heteroatoms. The molecule has 1 aliphatic carbocycles. The summed E-state index contributed by atoms with van der Waals surface area (Å²) in [5.41, 5.74) is 5.74. The largest absolute Gasteiger partial charge is 0.341 e. The van der Waals surface area contributed by atoms with Crippen molar-refractivity contribution in [3.05, 3.63) is 5.82 Å². The Kier molecular flexibility index (Phi) is 2.55. The van der Waals surface area contributed by atoms with Crippen LogP contribution in [0.1, 0.15) is 44.0 Å². The van der Waals surface area contributed by atoms with Crippen LogP contribution < -0.4 is 10.6 Å². The van der Waals surface area contributed by atoms with Gasteiger partial charge in [-0.1, -0.05) is 0 Å². The first-order valence-electron chi connectivity index (χ1n) is 6.29. The van der Waals surface area contributed by atoms with E-state index in [-0.39, 0.29) is 0 Å². The highest BCUT2D eigenvalue weighted by Gasteiger charge is 2.28. The zero-order valence-electron chi connectivity index (χ0n) is 9.60. The van der Waals surface area contributed by atoms with Crippen LogP contribution in [-0.4, -0.2) is 27.9 Å². The van der Waals surface area contributed by atoms with E-state index < -0.39 is 0 Å². The number of nitrogens with two attached hydrogens (primary N) is 1. The van der Waals surface area contributed by atoms with Crippen molar-refractivity contribution in [1.29, 1.82) is 0 Å². The van der Waals surface area contributed by atoms with Crippen molar-refractivity contribution in [2.45, 2.75) is 44.7 Å². The second kappa shape index (κ2) is 4.05. The second-order valence-electron chi connectivity index (χ2n) is 4.77. The Morgan fingerprint density at radius 1 is 1.12 bits per heavy atom. The van der Waals surface area contributed by atoms with Crippen molar-refractivity contribution in [1.82, 2.24) is 14.8 Å². The quantitative estimate of drug-likeness (QED) is 0.829. The van der Waals surface area contributed by atoms with E-state index in [9.17, 15) is 0 Å². The molecule has 0 aromatic carbocycles. The molecule has 2 heterocycles. The van der Waals surface area contributed by atoms with Crippen molar-refractivity contribution >= 4 is 5.95 Å². The maximum Gasteiger partial charge on any atom is 0.227 e. The predicted molar refractivity (Wildman–Crippen MR) is 62.2 cm³/mol. The molecule has 5 nitrogen and oxygen atoms in total. The molecule has 2 aliphatic rings. The van der Waals surface area contributed by atoms with Crippen LogP contribution in [0.4, 0.5) is 5.95 Å².